The van der Waals surface area contributed by atoms with Gasteiger partial charge in [-0.1, -0.05) is 36.0 Å². The van der Waals surface area contributed by atoms with Gasteiger partial charge in [0.15, 0.2) is 4.34 Å². The van der Waals surface area contributed by atoms with Gasteiger partial charge in [-0.15, -0.1) is 11.3 Å². The van der Waals surface area contributed by atoms with Gasteiger partial charge in [-0.05, 0) is 29.8 Å². The molecule has 2 heterocycles. The van der Waals surface area contributed by atoms with Crippen LogP contribution >= 0.6 is 23.1 Å². The fourth-order valence-corrected chi connectivity index (χ4v) is 4.94. The Morgan fingerprint density at radius 3 is 2.76 bits per heavy atom. The highest BCUT2D eigenvalue weighted by atomic mass is 32.2. The molecule has 4 nitrogen and oxygen atoms in total. The molecule has 0 unspecified atom stereocenters. The Balaban J connectivity index is 1.34. The number of thioether (sulfide) groups is 1. The molecule has 0 spiro atoms. The van der Waals surface area contributed by atoms with Crippen LogP contribution in [0.3, 0.4) is 0 Å². The van der Waals surface area contributed by atoms with Gasteiger partial charge in [-0.2, -0.15) is 0 Å². The summed E-state index contributed by atoms with van der Waals surface area (Å²) in [7, 11) is 4.10. The summed E-state index contributed by atoms with van der Waals surface area (Å²) in [5, 5.41) is 3.47. The van der Waals surface area contributed by atoms with E-state index in [1.807, 2.05) is 6.07 Å². The summed E-state index contributed by atoms with van der Waals surface area (Å²) in [5.41, 5.74) is 3.46. The first-order chi connectivity index (χ1) is 12.2. The van der Waals surface area contributed by atoms with E-state index in [1.165, 1.54) is 16.0 Å². The van der Waals surface area contributed by atoms with Crippen molar-refractivity contribution < 1.29 is 4.74 Å². The van der Waals surface area contributed by atoms with Gasteiger partial charge >= 0.3 is 0 Å². The first-order valence-corrected chi connectivity index (χ1v) is 10.1. The molecule has 0 radical (unpaired) electrons. The Labute approximate surface area is 156 Å². The summed E-state index contributed by atoms with van der Waals surface area (Å²) < 4.78 is 8.53. The predicted octanol–water partition coefficient (Wildman–Crippen LogP) is 4.14. The zero-order chi connectivity index (χ0) is 17.2. The van der Waals surface area contributed by atoms with Crippen molar-refractivity contribution in [3.8, 4) is 0 Å². The fourth-order valence-electron chi connectivity index (χ4n) is 2.85. The highest BCUT2D eigenvalue weighted by Crippen LogP contribution is 2.32. The number of ether oxygens (including phenoxy) is 1. The summed E-state index contributed by atoms with van der Waals surface area (Å²) in [4.78, 5) is 6.78. The van der Waals surface area contributed by atoms with Gasteiger partial charge in [-0.3, -0.25) is 5.32 Å². The van der Waals surface area contributed by atoms with E-state index in [0.717, 1.165) is 22.2 Å². The highest BCUT2D eigenvalue weighted by molar-refractivity contribution is 8.01. The van der Waals surface area contributed by atoms with Crippen LogP contribution in [0.2, 0.25) is 0 Å². The van der Waals surface area contributed by atoms with Crippen molar-refractivity contribution in [2.75, 3.05) is 31.3 Å². The maximum absolute atomic E-state index is 6.17. The summed E-state index contributed by atoms with van der Waals surface area (Å²) in [5.74, 6) is 0.916. The van der Waals surface area contributed by atoms with E-state index >= 15 is 0 Å². The molecule has 1 fully saturated rings. The fraction of sp³-hybridized carbons (Fsp3) is 0.316. The lowest BCUT2D eigenvalue weighted by Crippen LogP contribution is -2.16. The molecule has 6 heteroatoms. The monoisotopic (exact) mass is 371 g/mol. The zero-order valence-corrected chi connectivity index (χ0v) is 15.9. The third kappa shape index (κ3) is 3.82. The first kappa shape index (κ1) is 16.8. The summed E-state index contributed by atoms with van der Waals surface area (Å²) in [6.45, 7) is 0.873. The Morgan fingerprint density at radius 1 is 1.20 bits per heavy atom. The van der Waals surface area contributed by atoms with E-state index in [1.54, 1.807) is 23.1 Å². The molecule has 130 valence electrons. The van der Waals surface area contributed by atoms with Crippen LogP contribution in [0, 0.1) is 0 Å². The molecule has 4 rings (SSSR count). The Kier molecular flexibility index (Phi) is 4.94. The number of nitrogens with one attached hydrogen (secondary N) is 1. The number of hydrogen-bond donors (Lipinski definition) is 1. The molecular formula is C19H21N3OS2. The molecule has 0 saturated carbocycles. The molecule has 1 aliphatic rings. The van der Waals surface area contributed by atoms with Gasteiger partial charge in [0.25, 0.3) is 0 Å². The maximum atomic E-state index is 6.17. The molecule has 2 atom stereocenters. The van der Waals surface area contributed by atoms with Crippen molar-refractivity contribution in [1.29, 1.82) is 0 Å². The molecule has 1 aliphatic heterocycles. The number of nitrogens with zero attached hydrogens (tertiary/aromatic N) is 2. The van der Waals surface area contributed by atoms with E-state index in [4.69, 9.17) is 4.74 Å². The maximum Gasteiger partial charge on any atom is 0.151 e. The Hall–Kier alpha value is -1.60. The number of hydrogen-bond acceptors (Lipinski definition) is 6. The van der Waals surface area contributed by atoms with Crippen molar-refractivity contribution in [2.24, 2.45) is 0 Å². The standard InChI is InChI=1S/C19H21N3OS2/c1-22(2)14-9-7-13(8-10-14)18-20-11-15(23-18)12-24-19-21-16-5-3-4-6-17(16)25-19/h3-10,15,18,20H,11-12H2,1-2H3/t15-,18+/m1/s1. The average molecular weight is 372 g/mol. The van der Waals surface area contributed by atoms with Crippen LogP contribution in [-0.4, -0.2) is 37.5 Å². The van der Waals surface area contributed by atoms with Gasteiger partial charge in [0, 0.05) is 32.1 Å². The third-order valence-electron chi connectivity index (χ3n) is 4.24. The van der Waals surface area contributed by atoms with Crippen molar-refractivity contribution in [2.45, 2.75) is 16.7 Å². The number of fused-ring (bicyclic) bond motifs is 1. The quantitative estimate of drug-likeness (QED) is 0.682. The Morgan fingerprint density at radius 2 is 2.00 bits per heavy atom. The second kappa shape index (κ2) is 7.33. The molecule has 0 amide bonds. The number of anilines is 1. The smallest absolute Gasteiger partial charge is 0.151 e. The number of benzene rings is 2. The van der Waals surface area contributed by atoms with Crippen molar-refractivity contribution in [3.63, 3.8) is 0 Å². The third-order valence-corrected chi connectivity index (χ3v) is 6.55. The van der Waals surface area contributed by atoms with Crippen LogP contribution in [-0.2, 0) is 4.74 Å². The Bertz CT molecular complexity index is 814. The van der Waals surface area contributed by atoms with E-state index in [2.05, 4.69) is 71.8 Å². The molecule has 1 saturated heterocycles. The molecule has 0 bridgehead atoms. The van der Waals surface area contributed by atoms with Crippen molar-refractivity contribution in [1.82, 2.24) is 10.3 Å². The van der Waals surface area contributed by atoms with Gasteiger partial charge in [0.1, 0.15) is 6.23 Å². The summed E-state index contributed by atoms with van der Waals surface area (Å²) >= 11 is 3.54. The van der Waals surface area contributed by atoms with Gasteiger partial charge < -0.3 is 9.64 Å². The van der Waals surface area contributed by atoms with Gasteiger partial charge in [0.05, 0.1) is 16.3 Å². The van der Waals surface area contributed by atoms with Crippen LogP contribution in [0.5, 0.6) is 0 Å². The van der Waals surface area contributed by atoms with E-state index in [-0.39, 0.29) is 12.3 Å². The lowest BCUT2D eigenvalue weighted by molar-refractivity contribution is 0.0535. The molecule has 0 aliphatic carbocycles. The summed E-state index contributed by atoms with van der Waals surface area (Å²) in [6.07, 6.45) is 0.188. The minimum atomic E-state index is -0.0165. The van der Waals surface area contributed by atoms with Crippen LogP contribution < -0.4 is 10.2 Å². The SMILES string of the molecule is CN(C)c1ccc([C@H]2NC[C@H](CSc3nc4ccccc4s3)O2)cc1. The number of aromatic nitrogens is 1. The van der Waals surface area contributed by atoms with E-state index in [9.17, 15) is 0 Å². The largest absolute Gasteiger partial charge is 0.378 e. The second-order valence-electron chi connectivity index (χ2n) is 6.29. The lowest BCUT2D eigenvalue weighted by atomic mass is 10.2. The molecule has 3 aromatic rings. The minimum Gasteiger partial charge on any atom is -0.378 e. The highest BCUT2D eigenvalue weighted by Gasteiger charge is 2.26. The lowest BCUT2D eigenvalue weighted by Gasteiger charge is -2.16. The minimum absolute atomic E-state index is 0.0165. The zero-order valence-electron chi connectivity index (χ0n) is 14.3. The van der Waals surface area contributed by atoms with Gasteiger partial charge in [-0.25, -0.2) is 4.98 Å². The van der Waals surface area contributed by atoms with Crippen LogP contribution in [0.15, 0.2) is 52.9 Å². The van der Waals surface area contributed by atoms with E-state index < -0.39 is 0 Å². The molecule has 1 N–H and O–H groups in total. The van der Waals surface area contributed by atoms with E-state index in [0.29, 0.717) is 0 Å². The topological polar surface area (TPSA) is 37.4 Å². The van der Waals surface area contributed by atoms with Gasteiger partial charge in [0.2, 0.25) is 0 Å². The normalized spacial score (nSPS) is 20.2. The summed E-state index contributed by atoms with van der Waals surface area (Å²) in [6, 6.07) is 16.8. The number of thiazole rings is 1. The van der Waals surface area contributed by atoms with Crippen LogP contribution in [0.4, 0.5) is 5.69 Å². The molecule has 1 aromatic heterocycles. The van der Waals surface area contributed by atoms with Crippen molar-refractivity contribution >= 4 is 39.0 Å². The average Bonchev–Trinajstić information content (AvgIpc) is 3.26. The molecule has 2 aromatic carbocycles. The van der Waals surface area contributed by atoms with Crippen LogP contribution in [0.1, 0.15) is 11.8 Å². The second-order valence-corrected chi connectivity index (χ2v) is 8.59. The molecular weight excluding hydrogens is 350 g/mol. The number of para-hydroxylation sites is 1. The first-order valence-electron chi connectivity index (χ1n) is 8.33. The number of rotatable bonds is 5. The van der Waals surface area contributed by atoms with Crippen LogP contribution in [0.25, 0.3) is 10.2 Å². The molecule has 25 heavy (non-hydrogen) atoms. The predicted molar refractivity (Wildman–Crippen MR) is 107 cm³/mol. The van der Waals surface area contributed by atoms with Crippen molar-refractivity contribution in [3.05, 3.63) is 54.1 Å².